The maximum Gasteiger partial charge on any atom is 0.165 e. The van der Waals surface area contributed by atoms with E-state index in [1.165, 1.54) is 82.7 Å². The molecule has 0 aliphatic heterocycles. The first-order valence-corrected chi connectivity index (χ1v) is 22.4. The van der Waals surface area contributed by atoms with Gasteiger partial charge in [0.15, 0.2) is 5.82 Å². The number of fused-ring (bicyclic) bond motifs is 14. The molecule has 0 fully saturated rings. The minimum atomic E-state index is -0.0423. The van der Waals surface area contributed by atoms with Crippen molar-refractivity contribution in [1.82, 2.24) is 23.7 Å². The van der Waals surface area contributed by atoms with Crippen LogP contribution >= 0.6 is 0 Å². The van der Waals surface area contributed by atoms with E-state index in [1.807, 2.05) is 18.2 Å². The van der Waals surface area contributed by atoms with Crippen LogP contribution < -0.4 is 0 Å². The maximum absolute atomic E-state index is 5.36. The Bertz CT molecular complexity index is 3990. The molecule has 4 aromatic heterocycles. The van der Waals surface area contributed by atoms with Crippen molar-refractivity contribution >= 4 is 71.6 Å². The monoisotopic (exact) mass is 819 g/mol. The number of rotatable bonds is 4. The SMILES string of the molecule is CC1(C)c2ccccc2-c2cc(-n3c4ccccc4c4c5c6c(n(-c7ccc8c(c7)c7ccccc7n8-c7nc8ccccc8nc7-c7ccccc7)c5ccc43)CCC=C6)ccc21. The normalized spacial score (nSPS) is 14.0. The molecule has 14 rings (SSSR count). The summed E-state index contributed by atoms with van der Waals surface area (Å²) in [5.41, 5.74) is 20.0. The van der Waals surface area contributed by atoms with Gasteiger partial charge in [-0.1, -0.05) is 135 Å². The Kier molecular flexibility index (Phi) is 7.23. The Morgan fingerprint density at radius 1 is 0.469 bits per heavy atom. The smallest absolute Gasteiger partial charge is 0.165 e. The van der Waals surface area contributed by atoms with Crippen LogP contribution in [0.4, 0.5) is 0 Å². The van der Waals surface area contributed by atoms with E-state index < -0.39 is 0 Å². The number of benzene rings is 8. The molecule has 0 radical (unpaired) electrons. The predicted molar refractivity (Wildman–Crippen MR) is 265 cm³/mol. The fourth-order valence-electron chi connectivity index (χ4n) is 11.5. The lowest BCUT2D eigenvalue weighted by Crippen LogP contribution is -2.14. The third kappa shape index (κ3) is 4.78. The zero-order valence-corrected chi connectivity index (χ0v) is 35.5. The van der Waals surface area contributed by atoms with Crippen molar-refractivity contribution in [3.63, 3.8) is 0 Å². The Morgan fingerprint density at radius 3 is 1.94 bits per heavy atom. The molecule has 0 N–H and O–H groups in total. The first-order valence-electron chi connectivity index (χ1n) is 22.4. The fraction of sp³-hybridized carbons (Fsp3) is 0.0847. The lowest BCUT2D eigenvalue weighted by Gasteiger charge is -2.21. The molecule has 302 valence electrons. The van der Waals surface area contributed by atoms with Crippen LogP contribution in [0, 0.1) is 0 Å². The van der Waals surface area contributed by atoms with Crippen LogP contribution in [0.25, 0.3) is 111 Å². The van der Waals surface area contributed by atoms with Crippen LogP contribution in [0.2, 0.25) is 0 Å². The molecule has 12 aromatic rings. The van der Waals surface area contributed by atoms with E-state index in [1.54, 1.807) is 0 Å². The summed E-state index contributed by atoms with van der Waals surface area (Å²) in [6, 6.07) is 64.1. The number of aromatic nitrogens is 5. The van der Waals surface area contributed by atoms with Gasteiger partial charge in [0.25, 0.3) is 0 Å². The van der Waals surface area contributed by atoms with Gasteiger partial charge in [0, 0.05) is 60.5 Å². The molecule has 0 spiro atoms. The third-order valence-corrected chi connectivity index (χ3v) is 14.3. The van der Waals surface area contributed by atoms with Crippen molar-refractivity contribution in [2.45, 2.75) is 32.1 Å². The number of hydrogen-bond acceptors (Lipinski definition) is 2. The summed E-state index contributed by atoms with van der Waals surface area (Å²) in [6.07, 6.45) is 6.71. The number of hydrogen-bond donors (Lipinski definition) is 0. The van der Waals surface area contributed by atoms with Gasteiger partial charge in [-0.3, -0.25) is 4.57 Å². The number of allylic oxidation sites excluding steroid dienone is 1. The first-order chi connectivity index (χ1) is 31.5. The molecule has 0 unspecified atom stereocenters. The minimum Gasteiger partial charge on any atom is -0.313 e. The highest BCUT2D eigenvalue weighted by Gasteiger charge is 2.35. The first kappa shape index (κ1) is 35.6. The Hall–Kier alpha value is -8.02. The minimum absolute atomic E-state index is 0.0423. The van der Waals surface area contributed by atoms with Crippen molar-refractivity contribution in [3.8, 4) is 39.6 Å². The zero-order valence-electron chi connectivity index (χ0n) is 35.5. The number of nitrogens with zero attached hydrogens (tertiary/aromatic N) is 5. The summed E-state index contributed by atoms with van der Waals surface area (Å²) in [5.74, 6) is 0.827. The second-order valence-electron chi connectivity index (χ2n) is 18.0. The molecule has 2 aliphatic carbocycles. The lowest BCUT2D eigenvalue weighted by molar-refractivity contribution is 0.660. The van der Waals surface area contributed by atoms with Crippen LogP contribution in [0.1, 0.15) is 42.7 Å². The van der Waals surface area contributed by atoms with E-state index in [9.17, 15) is 0 Å². The van der Waals surface area contributed by atoms with Gasteiger partial charge in [-0.15, -0.1) is 0 Å². The van der Waals surface area contributed by atoms with Crippen LogP contribution in [-0.2, 0) is 11.8 Å². The molecule has 0 amide bonds. The average molecular weight is 820 g/mol. The second kappa shape index (κ2) is 13.0. The second-order valence-corrected chi connectivity index (χ2v) is 18.0. The molecule has 64 heavy (non-hydrogen) atoms. The largest absolute Gasteiger partial charge is 0.313 e. The Labute approximate surface area is 369 Å². The van der Waals surface area contributed by atoms with Gasteiger partial charge in [0.1, 0.15) is 5.69 Å². The highest BCUT2D eigenvalue weighted by molar-refractivity contribution is 6.24. The van der Waals surface area contributed by atoms with E-state index in [2.05, 4.69) is 197 Å². The molecular weight excluding hydrogens is 779 g/mol. The molecule has 0 atom stereocenters. The molecule has 0 saturated carbocycles. The summed E-state index contributed by atoms with van der Waals surface area (Å²) in [4.78, 5) is 10.6. The summed E-state index contributed by atoms with van der Waals surface area (Å²) in [7, 11) is 0. The van der Waals surface area contributed by atoms with Crippen molar-refractivity contribution in [1.29, 1.82) is 0 Å². The fourth-order valence-corrected chi connectivity index (χ4v) is 11.5. The van der Waals surface area contributed by atoms with Crippen LogP contribution in [0.3, 0.4) is 0 Å². The highest BCUT2D eigenvalue weighted by Crippen LogP contribution is 2.50. The quantitative estimate of drug-likeness (QED) is 0.177. The van der Waals surface area contributed by atoms with E-state index in [0.717, 1.165) is 57.7 Å². The van der Waals surface area contributed by atoms with E-state index in [4.69, 9.17) is 9.97 Å². The molecule has 0 bridgehead atoms. The Balaban J connectivity index is 1.01. The van der Waals surface area contributed by atoms with Crippen molar-refractivity contribution in [2.24, 2.45) is 0 Å². The van der Waals surface area contributed by atoms with Crippen LogP contribution in [0.5, 0.6) is 0 Å². The zero-order chi connectivity index (χ0) is 42.3. The number of para-hydroxylation sites is 4. The average Bonchev–Trinajstić information content (AvgIpc) is 4.04. The van der Waals surface area contributed by atoms with E-state index >= 15 is 0 Å². The lowest BCUT2D eigenvalue weighted by atomic mass is 9.82. The van der Waals surface area contributed by atoms with Gasteiger partial charge in [-0.05, 0) is 102 Å². The summed E-state index contributed by atoms with van der Waals surface area (Å²) in [6.45, 7) is 4.71. The van der Waals surface area contributed by atoms with Gasteiger partial charge in [-0.25, -0.2) is 9.97 Å². The molecule has 5 heteroatoms. The maximum atomic E-state index is 5.36. The van der Waals surface area contributed by atoms with Gasteiger partial charge < -0.3 is 9.13 Å². The molecular formula is C59H41N5. The summed E-state index contributed by atoms with van der Waals surface area (Å²) in [5, 5.41) is 6.25. The summed E-state index contributed by atoms with van der Waals surface area (Å²) >= 11 is 0. The van der Waals surface area contributed by atoms with Gasteiger partial charge in [0.2, 0.25) is 0 Å². The van der Waals surface area contributed by atoms with E-state index in [-0.39, 0.29) is 5.41 Å². The van der Waals surface area contributed by atoms with Gasteiger partial charge in [0.05, 0.1) is 38.6 Å². The molecule has 4 heterocycles. The Morgan fingerprint density at radius 2 is 1.09 bits per heavy atom. The molecule has 0 saturated heterocycles. The highest BCUT2D eigenvalue weighted by atomic mass is 15.1. The molecule has 5 nitrogen and oxygen atoms in total. The standard InChI is InChI=1S/C59H41N5/c1-59(2)45-22-10-6-18-39(45)43-34-37(28-30-46(43)59)62-50-26-14-8-20-41(50)55-53(62)32-33-54-56(55)42-21-9-15-27-51(42)63(54)38-29-31-52-44(35-38)40-19-7-13-25-49(40)64(52)58-57(36-16-4-3-5-17-36)60-47-23-11-12-24-48(47)61-58/h3-14,16-26,28-35H,15,27H2,1-2H3. The summed E-state index contributed by atoms with van der Waals surface area (Å²) < 4.78 is 7.36. The van der Waals surface area contributed by atoms with Crippen molar-refractivity contribution < 1.29 is 0 Å². The van der Waals surface area contributed by atoms with E-state index in [0.29, 0.717) is 0 Å². The van der Waals surface area contributed by atoms with Crippen molar-refractivity contribution in [3.05, 3.63) is 204 Å². The van der Waals surface area contributed by atoms with Crippen LogP contribution in [0.15, 0.2) is 182 Å². The van der Waals surface area contributed by atoms with Gasteiger partial charge in [-0.2, -0.15) is 0 Å². The topological polar surface area (TPSA) is 40.6 Å². The van der Waals surface area contributed by atoms with Crippen LogP contribution in [-0.4, -0.2) is 23.7 Å². The predicted octanol–water partition coefficient (Wildman–Crippen LogP) is 14.7. The molecule has 8 aromatic carbocycles. The molecule has 2 aliphatic rings. The van der Waals surface area contributed by atoms with Crippen molar-refractivity contribution in [2.75, 3.05) is 0 Å². The van der Waals surface area contributed by atoms with Gasteiger partial charge >= 0.3 is 0 Å². The third-order valence-electron chi connectivity index (χ3n) is 14.3.